The highest BCUT2D eigenvalue weighted by Crippen LogP contribution is 2.38. The number of aryl methyl sites for hydroxylation is 4. The molecule has 15 aromatic heterocycles. The van der Waals surface area contributed by atoms with Crippen molar-refractivity contribution in [3.63, 3.8) is 0 Å². The number of hydrogen-bond acceptors (Lipinski definition) is 27. The summed E-state index contributed by atoms with van der Waals surface area (Å²) >= 11 is 0. The molecule has 8 aromatic carbocycles. The summed E-state index contributed by atoms with van der Waals surface area (Å²) in [5.74, 6) is 2.97. The van der Waals surface area contributed by atoms with Gasteiger partial charge in [-0.25, -0.2) is 24.9 Å². The summed E-state index contributed by atoms with van der Waals surface area (Å²) in [6.45, 7) is 13.6. The average molecular weight is 1890 g/mol. The molecule has 13 N–H and O–H groups in total. The van der Waals surface area contributed by atoms with Crippen LogP contribution in [-0.2, 0) is 7.05 Å². The molecule has 23 rings (SSSR count). The number of aromatic nitrogens is 24. The lowest BCUT2D eigenvalue weighted by molar-refractivity contribution is 0.763. The molecule has 15 heterocycles. The van der Waals surface area contributed by atoms with Crippen molar-refractivity contribution in [3.8, 4) is 67.3 Å². The van der Waals surface area contributed by atoms with Crippen molar-refractivity contribution in [3.05, 3.63) is 399 Å². The van der Waals surface area contributed by atoms with Gasteiger partial charge in [-0.3, -0.25) is 57.1 Å². The van der Waals surface area contributed by atoms with Gasteiger partial charge < -0.3 is 53.4 Å². The number of aromatic amines is 3. The summed E-state index contributed by atoms with van der Waals surface area (Å²) in [6, 6.07) is 80.8. The van der Waals surface area contributed by atoms with Crippen molar-refractivity contribution >= 4 is 118 Å². The van der Waals surface area contributed by atoms with Gasteiger partial charge in [-0.15, -0.1) is 0 Å². The molecule has 0 saturated heterocycles. The van der Waals surface area contributed by atoms with Crippen LogP contribution in [0.25, 0.3) is 144 Å². The standard InChI is InChI=1S/C28H24N8O.C27H22N8O.C27H24N6O.C26H23N9O/c1-16-11-12-19(14-30-16)21-10-6-7-18-13-22(36(27(37)23(18)21)20-8-4-3-5-9-20)17(2)33-26-24-25(32-15-31-24)34-28(29)35-26;1-16(32-25-23-24(31-15-30-23)33-27(28)34-25)21-13-17-7-5-11-20(18-8-6-12-29-14-18)22(17)26(36)35(21)19-9-3-2-4-10-19;1-17-12-13-21(15-28-17)23-11-7-8-20-14-24(18(2)31-27-30-16-29-19(3)32-27)33(26(34)25(20)23)22-9-5-4-6-10-22;1-15(31-24-22-23(29-14-28-22)32-26(27)33-24)20-11-16-7-6-10-19(17-12-30-34(2)13-17)21(16)25(36)35(20)18-8-4-3-5-9-18/h3-15,17H,1-2H3,(H4,29,31,32,33,34,35);2-16H,1H3,(H4,28,30,31,32,33,34);4-16,18H,1-3H3,(H,29,30,31,32);3-15H,1-2H3,(H4,27,28,29,31,32,33)/t17-;16-;18-;15-/m0000/s1. The Bertz CT molecular complexity index is 8950. The Hall–Kier alpha value is -19.5. The fourth-order valence-electron chi connectivity index (χ4n) is 17.9. The van der Waals surface area contributed by atoms with Crippen LogP contribution in [0.5, 0.6) is 0 Å². The number of benzene rings is 8. The molecule has 143 heavy (non-hydrogen) atoms. The SMILES string of the molecule is C[C@H](Nc1nc(N)nc2nc[nH]c12)c1cc2cccc(-c3cccnc3)c2c(=O)n1-c1ccccc1.C[C@H](Nc1nc(N)nc2nc[nH]c12)c1cc2cccc(-c3cnn(C)c3)c2c(=O)n1-c1ccccc1.Cc1ccc(-c2cccc3cc([C@H](C)Nc4nc(N)nc5nc[nH]c45)n(-c4ccccc4)c(=O)c23)cn1.Cc1ccc(-c2cccc3cc([C@H](C)Nc4ncnc(C)n4)n(-c4ccccc4)c(=O)c23)cn1. The molecule has 0 amide bonds. The first-order valence-electron chi connectivity index (χ1n) is 45.9. The third kappa shape index (κ3) is 18.6. The summed E-state index contributed by atoms with van der Waals surface area (Å²) in [7, 11) is 1.86. The zero-order valence-electron chi connectivity index (χ0n) is 78.6. The number of hydrogen-bond donors (Lipinski definition) is 10. The molecule has 0 bridgehead atoms. The molecule has 0 radical (unpaired) electrons. The van der Waals surface area contributed by atoms with Gasteiger partial charge in [0.15, 0.2) is 34.4 Å². The van der Waals surface area contributed by atoms with Crippen LogP contribution < -0.4 is 60.7 Å². The normalized spacial score (nSPS) is 12.1. The van der Waals surface area contributed by atoms with E-state index < -0.39 is 0 Å². The topological polar surface area (TPSA) is 473 Å². The number of imidazole rings is 3. The molecule has 0 aliphatic rings. The first-order chi connectivity index (χ1) is 69.6. The minimum atomic E-state index is -0.317. The molecule has 0 saturated carbocycles. The van der Waals surface area contributed by atoms with E-state index in [-0.39, 0.29) is 64.2 Å². The number of nitrogen functional groups attached to an aromatic ring is 3. The van der Waals surface area contributed by atoms with Gasteiger partial charge in [0, 0.05) is 117 Å². The van der Waals surface area contributed by atoms with Gasteiger partial charge in [-0.2, -0.15) is 40.0 Å². The van der Waals surface area contributed by atoms with Gasteiger partial charge >= 0.3 is 0 Å². The summed E-state index contributed by atoms with van der Waals surface area (Å²) in [4.78, 5) is 130. The third-order valence-corrected chi connectivity index (χ3v) is 24.6. The zero-order valence-corrected chi connectivity index (χ0v) is 78.6. The fourth-order valence-corrected chi connectivity index (χ4v) is 17.9. The van der Waals surface area contributed by atoms with Crippen molar-refractivity contribution < 1.29 is 0 Å². The molecule has 35 nitrogen and oxygen atoms in total. The van der Waals surface area contributed by atoms with Gasteiger partial charge in [0.1, 0.15) is 28.7 Å². The van der Waals surface area contributed by atoms with Crippen LogP contribution in [0.4, 0.5) is 41.2 Å². The van der Waals surface area contributed by atoms with E-state index in [1.54, 1.807) is 60.5 Å². The van der Waals surface area contributed by atoms with Crippen LogP contribution in [0.1, 0.15) is 91.9 Å². The van der Waals surface area contributed by atoms with Gasteiger partial charge in [-0.05, 0) is 183 Å². The smallest absolute Gasteiger partial charge is 0.263 e. The van der Waals surface area contributed by atoms with E-state index in [0.717, 1.165) is 123 Å². The number of nitrogens with one attached hydrogen (secondary N) is 7. The Balaban J connectivity index is 0.000000117. The largest absolute Gasteiger partial charge is 0.368 e. The zero-order chi connectivity index (χ0) is 98.6. The van der Waals surface area contributed by atoms with Crippen LogP contribution in [0.15, 0.2) is 336 Å². The number of H-pyrrole nitrogens is 3. The molecule has 704 valence electrons. The Morgan fingerprint density at radius 1 is 0.322 bits per heavy atom. The number of nitrogens with two attached hydrogens (primary N) is 3. The highest BCUT2D eigenvalue weighted by molar-refractivity contribution is 6.01. The molecule has 0 aliphatic carbocycles. The quantitative estimate of drug-likeness (QED) is 0.0339. The molecule has 0 fully saturated rings. The van der Waals surface area contributed by atoms with Crippen molar-refractivity contribution in [2.24, 2.45) is 7.05 Å². The van der Waals surface area contributed by atoms with Crippen LogP contribution >= 0.6 is 0 Å². The van der Waals surface area contributed by atoms with E-state index in [9.17, 15) is 19.2 Å². The number of fused-ring (bicyclic) bond motifs is 7. The Morgan fingerprint density at radius 3 is 0.965 bits per heavy atom. The lowest BCUT2D eigenvalue weighted by Crippen LogP contribution is -2.26. The van der Waals surface area contributed by atoms with Gasteiger partial charge in [-0.1, -0.05) is 164 Å². The number of anilines is 7. The molecule has 0 spiro atoms. The number of nitrogens with zero attached hydrogens (tertiary/aromatic N) is 21. The van der Waals surface area contributed by atoms with Crippen LogP contribution in [0.2, 0.25) is 0 Å². The van der Waals surface area contributed by atoms with E-state index in [1.165, 1.54) is 6.33 Å². The van der Waals surface area contributed by atoms with Crippen molar-refractivity contribution in [1.82, 2.24) is 118 Å². The molecule has 4 atom stereocenters. The average Bonchev–Trinajstić information content (AvgIpc) is 1.03. The molecule has 0 unspecified atom stereocenters. The number of rotatable bonds is 20. The Kier molecular flexibility index (Phi) is 25.1. The van der Waals surface area contributed by atoms with Crippen LogP contribution in [0.3, 0.4) is 0 Å². The summed E-state index contributed by atoms with van der Waals surface area (Å²) < 4.78 is 8.73. The molecule has 23 aromatic rings. The van der Waals surface area contributed by atoms with E-state index >= 15 is 0 Å². The Labute approximate surface area is 815 Å². The van der Waals surface area contributed by atoms with Crippen molar-refractivity contribution in [2.75, 3.05) is 38.5 Å². The fraction of sp³-hybridized carbons (Fsp3) is 0.111. The lowest BCUT2D eigenvalue weighted by atomic mass is 9.98. The van der Waals surface area contributed by atoms with Crippen LogP contribution in [-0.4, -0.2) is 118 Å². The van der Waals surface area contributed by atoms with Crippen molar-refractivity contribution in [1.29, 1.82) is 0 Å². The first kappa shape index (κ1) is 91.3. The second kappa shape index (κ2) is 39.3. The molecule has 35 heteroatoms. The maximum Gasteiger partial charge on any atom is 0.263 e. The molecular weight excluding hydrogens is 1800 g/mol. The van der Waals surface area contributed by atoms with E-state index in [1.807, 2.05) is 323 Å². The lowest BCUT2D eigenvalue weighted by Gasteiger charge is -2.22. The predicted octanol–water partition coefficient (Wildman–Crippen LogP) is 18.1. The highest BCUT2D eigenvalue weighted by Gasteiger charge is 2.28. The van der Waals surface area contributed by atoms with Gasteiger partial charge in [0.25, 0.3) is 22.2 Å². The van der Waals surface area contributed by atoms with Gasteiger partial charge in [0.05, 0.1) is 70.9 Å². The van der Waals surface area contributed by atoms with Gasteiger partial charge in [0.2, 0.25) is 23.8 Å². The molecular formula is C108H93N31O4. The predicted molar refractivity (Wildman–Crippen MR) is 561 cm³/mol. The second-order valence-corrected chi connectivity index (χ2v) is 34.2. The summed E-state index contributed by atoms with van der Waals surface area (Å²) in [6.07, 6.45) is 16.9. The van der Waals surface area contributed by atoms with E-state index in [0.29, 0.717) is 84.3 Å². The second-order valence-electron chi connectivity index (χ2n) is 34.2. The van der Waals surface area contributed by atoms with Crippen LogP contribution in [0, 0.1) is 20.8 Å². The summed E-state index contributed by atoms with van der Waals surface area (Å²) in [5.41, 5.74) is 35.7. The van der Waals surface area contributed by atoms with Crippen molar-refractivity contribution in [2.45, 2.75) is 72.6 Å². The molecule has 0 aliphatic heterocycles. The number of para-hydroxylation sites is 4. The highest BCUT2D eigenvalue weighted by atomic mass is 16.1. The number of pyridine rings is 7. The first-order valence-corrected chi connectivity index (χ1v) is 45.9. The minimum absolute atomic E-state index is 0.0876. The van der Waals surface area contributed by atoms with E-state index in [2.05, 4.69) is 122 Å². The van der Waals surface area contributed by atoms with E-state index in [4.69, 9.17) is 17.2 Å². The monoisotopic (exact) mass is 1890 g/mol. The maximum atomic E-state index is 14.2. The summed E-state index contributed by atoms with van der Waals surface area (Å²) in [5, 5.41) is 23.8. The third-order valence-electron chi connectivity index (χ3n) is 24.6. The Morgan fingerprint density at radius 2 is 0.657 bits per heavy atom. The maximum absolute atomic E-state index is 14.2. The minimum Gasteiger partial charge on any atom is -0.368 e.